The van der Waals surface area contributed by atoms with E-state index in [2.05, 4.69) is 10.1 Å². The molecule has 2 atom stereocenters. The van der Waals surface area contributed by atoms with Gasteiger partial charge in [0.25, 0.3) is 0 Å². The summed E-state index contributed by atoms with van der Waals surface area (Å²) in [5.41, 5.74) is 6.14. The van der Waals surface area contributed by atoms with Gasteiger partial charge in [-0.3, -0.25) is 4.68 Å². The second-order valence-corrected chi connectivity index (χ2v) is 5.07. The molecule has 5 heteroatoms. The van der Waals surface area contributed by atoms with E-state index in [-0.39, 0.29) is 6.04 Å². The zero-order valence-electron chi connectivity index (χ0n) is 8.39. The second-order valence-electron chi connectivity index (χ2n) is 3.72. The normalized spacial score (nSPS) is 24.0. The van der Waals surface area contributed by atoms with Gasteiger partial charge in [-0.1, -0.05) is 0 Å². The Morgan fingerprint density at radius 3 is 3.21 bits per heavy atom. The molecule has 2 unspecified atom stereocenters. The predicted molar refractivity (Wildman–Crippen MR) is 58.2 cm³/mol. The summed E-state index contributed by atoms with van der Waals surface area (Å²) in [7, 11) is 1.91. The Labute approximate surface area is 88.3 Å². The molecule has 2 heterocycles. The number of thioether (sulfide) groups is 1. The fraction of sp³-hybridized carbons (Fsp3) is 0.778. The molecular weight excluding hydrogens is 196 g/mol. The lowest BCUT2D eigenvalue weighted by Gasteiger charge is -2.17. The molecule has 0 spiro atoms. The van der Waals surface area contributed by atoms with Gasteiger partial charge < -0.3 is 5.73 Å². The van der Waals surface area contributed by atoms with E-state index in [9.17, 15) is 0 Å². The molecule has 0 aliphatic carbocycles. The number of hydrogen-bond acceptors (Lipinski definition) is 4. The Morgan fingerprint density at radius 1 is 1.79 bits per heavy atom. The molecule has 78 valence electrons. The minimum Gasteiger partial charge on any atom is -0.326 e. The molecule has 4 nitrogen and oxygen atoms in total. The van der Waals surface area contributed by atoms with E-state index in [0.29, 0.717) is 5.25 Å². The van der Waals surface area contributed by atoms with Crippen molar-refractivity contribution in [3.63, 3.8) is 0 Å². The maximum Gasteiger partial charge on any atom is 0.138 e. The number of rotatable bonds is 3. The first-order valence-corrected chi connectivity index (χ1v) is 6.02. The third kappa shape index (κ3) is 2.09. The maximum absolute atomic E-state index is 6.14. The standard InChI is InChI=1S/C9H16N4S/c1-13-9(11-6-12-13)5-7(10)8-3-2-4-14-8/h6-8H,2-5,10H2,1H3. The van der Waals surface area contributed by atoms with Crippen LogP contribution in [0.3, 0.4) is 0 Å². The molecule has 0 saturated carbocycles. The third-order valence-electron chi connectivity index (χ3n) is 2.67. The molecule has 0 bridgehead atoms. The van der Waals surface area contributed by atoms with E-state index in [1.54, 1.807) is 11.0 Å². The molecular formula is C9H16N4S. The Bertz CT molecular complexity index is 293. The van der Waals surface area contributed by atoms with Crippen molar-refractivity contribution in [1.82, 2.24) is 14.8 Å². The Balaban J connectivity index is 1.93. The molecule has 1 aromatic heterocycles. The van der Waals surface area contributed by atoms with Gasteiger partial charge in [0.05, 0.1) is 0 Å². The molecule has 1 aliphatic heterocycles. The first kappa shape index (κ1) is 9.98. The molecule has 0 amide bonds. The number of nitrogens with two attached hydrogens (primary N) is 1. The van der Waals surface area contributed by atoms with Crippen molar-refractivity contribution in [2.45, 2.75) is 30.6 Å². The summed E-state index contributed by atoms with van der Waals surface area (Å²) >= 11 is 2.00. The SMILES string of the molecule is Cn1ncnc1CC(N)C1CCCS1. The third-order valence-corrected chi connectivity index (χ3v) is 4.20. The van der Waals surface area contributed by atoms with E-state index >= 15 is 0 Å². The van der Waals surface area contributed by atoms with Crippen LogP contribution in [0.2, 0.25) is 0 Å². The minimum absolute atomic E-state index is 0.227. The molecule has 0 radical (unpaired) electrons. The van der Waals surface area contributed by atoms with Crippen LogP contribution < -0.4 is 5.73 Å². The van der Waals surface area contributed by atoms with Crippen LogP contribution in [0.25, 0.3) is 0 Å². The van der Waals surface area contributed by atoms with E-state index in [1.807, 2.05) is 18.8 Å². The Morgan fingerprint density at radius 2 is 2.64 bits per heavy atom. The van der Waals surface area contributed by atoms with Gasteiger partial charge in [-0.05, 0) is 18.6 Å². The van der Waals surface area contributed by atoms with Gasteiger partial charge in [0, 0.05) is 24.8 Å². The summed E-state index contributed by atoms with van der Waals surface area (Å²) in [6, 6.07) is 0.227. The van der Waals surface area contributed by atoms with Crippen molar-refractivity contribution >= 4 is 11.8 Å². The Kier molecular flexibility index (Phi) is 3.08. The Hall–Kier alpha value is -0.550. The smallest absolute Gasteiger partial charge is 0.138 e. The summed E-state index contributed by atoms with van der Waals surface area (Å²) in [6.45, 7) is 0. The summed E-state index contributed by atoms with van der Waals surface area (Å²) in [4.78, 5) is 4.19. The highest BCUT2D eigenvalue weighted by molar-refractivity contribution is 8.00. The molecule has 2 N–H and O–H groups in total. The summed E-state index contributed by atoms with van der Waals surface area (Å²) in [5.74, 6) is 2.25. The van der Waals surface area contributed by atoms with Crippen molar-refractivity contribution in [3.8, 4) is 0 Å². The van der Waals surface area contributed by atoms with Crippen LogP contribution in [0.15, 0.2) is 6.33 Å². The van der Waals surface area contributed by atoms with E-state index in [1.165, 1.54) is 18.6 Å². The number of nitrogens with zero attached hydrogens (tertiary/aromatic N) is 3. The predicted octanol–water partition coefficient (Wildman–Crippen LogP) is 0.581. The number of aromatic nitrogens is 3. The largest absolute Gasteiger partial charge is 0.326 e. The fourth-order valence-electron chi connectivity index (χ4n) is 1.79. The van der Waals surface area contributed by atoms with Crippen molar-refractivity contribution < 1.29 is 0 Å². The number of hydrogen-bond donors (Lipinski definition) is 1. The molecule has 1 aliphatic rings. The van der Waals surface area contributed by atoms with E-state index in [0.717, 1.165) is 12.2 Å². The molecule has 1 fully saturated rings. The van der Waals surface area contributed by atoms with Gasteiger partial charge in [0.2, 0.25) is 0 Å². The average Bonchev–Trinajstić information content (AvgIpc) is 2.77. The summed E-state index contributed by atoms with van der Waals surface area (Å²) < 4.78 is 1.81. The van der Waals surface area contributed by atoms with Gasteiger partial charge in [0.1, 0.15) is 12.2 Å². The molecule has 2 rings (SSSR count). The maximum atomic E-state index is 6.14. The van der Waals surface area contributed by atoms with E-state index in [4.69, 9.17) is 5.73 Å². The first-order chi connectivity index (χ1) is 6.77. The fourth-order valence-corrected chi connectivity index (χ4v) is 3.10. The zero-order chi connectivity index (χ0) is 9.97. The lowest BCUT2D eigenvalue weighted by Crippen LogP contribution is -2.34. The topological polar surface area (TPSA) is 56.7 Å². The minimum atomic E-state index is 0.227. The lowest BCUT2D eigenvalue weighted by molar-refractivity contribution is 0.571. The highest BCUT2D eigenvalue weighted by atomic mass is 32.2. The molecule has 14 heavy (non-hydrogen) atoms. The number of aryl methyl sites for hydroxylation is 1. The zero-order valence-corrected chi connectivity index (χ0v) is 9.20. The summed E-state index contributed by atoms with van der Waals surface area (Å²) in [5, 5.41) is 4.66. The van der Waals surface area contributed by atoms with Gasteiger partial charge in [0.15, 0.2) is 0 Å². The van der Waals surface area contributed by atoms with Gasteiger partial charge in [-0.15, -0.1) is 0 Å². The van der Waals surface area contributed by atoms with Crippen LogP contribution in [0.4, 0.5) is 0 Å². The summed E-state index contributed by atoms with van der Waals surface area (Å²) in [6.07, 6.45) is 4.99. The molecule has 1 aromatic rings. The van der Waals surface area contributed by atoms with Gasteiger partial charge >= 0.3 is 0 Å². The quantitative estimate of drug-likeness (QED) is 0.796. The van der Waals surface area contributed by atoms with Gasteiger partial charge in [-0.2, -0.15) is 16.9 Å². The second kappa shape index (κ2) is 4.31. The van der Waals surface area contributed by atoms with E-state index < -0.39 is 0 Å². The average molecular weight is 212 g/mol. The highest BCUT2D eigenvalue weighted by Gasteiger charge is 2.23. The van der Waals surface area contributed by atoms with Crippen LogP contribution in [0.5, 0.6) is 0 Å². The van der Waals surface area contributed by atoms with Crippen LogP contribution in [0.1, 0.15) is 18.7 Å². The van der Waals surface area contributed by atoms with Crippen molar-refractivity contribution in [3.05, 3.63) is 12.2 Å². The van der Waals surface area contributed by atoms with Crippen LogP contribution in [-0.2, 0) is 13.5 Å². The monoisotopic (exact) mass is 212 g/mol. The van der Waals surface area contributed by atoms with Crippen molar-refractivity contribution in [2.75, 3.05) is 5.75 Å². The lowest BCUT2D eigenvalue weighted by atomic mass is 10.1. The molecule has 0 aromatic carbocycles. The van der Waals surface area contributed by atoms with Crippen LogP contribution in [-0.4, -0.2) is 31.8 Å². The highest BCUT2D eigenvalue weighted by Crippen LogP contribution is 2.28. The van der Waals surface area contributed by atoms with Crippen LogP contribution >= 0.6 is 11.8 Å². The van der Waals surface area contributed by atoms with Crippen LogP contribution in [0, 0.1) is 0 Å². The first-order valence-electron chi connectivity index (χ1n) is 4.97. The van der Waals surface area contributed by atoms with Gasteiger partial charge in [-0.25, -0.2) is 4.98 Å². The van der Waals surface area contributed by atoms with Crippen molar-refractivity contribution in [2.24, 2.45) is 12.8 Å². The molecule has 1 saturated heterocycles. The van der Waals surface area contributed by atoms with Crippen molar-refractivity contribution in [1.29, 1.82) is 0 Å².